The average Bonchev–Trinajstić information content (AvgIpc) is 2.48. The highest BCUT2D eigenvalue weighted by Gasteiger charge is 2.47. The smallest absolute Gasteiger partial charge is 0.192 e. The van der Waals surface area contributed by atoms with E-state index in [1.165, 1.54) is 6.42 Å². The van der Waals surface area contributed by atoms with E-state index in [0.717, 1.165) is 25.7 Å². The largest absolute Gasteiger partial charge is 0.411 e. The second kappa shape index (κ2) is 9.60. The van der Waals surface area contributed by atoms with Crippen LogP contribution < -0.4 is 0 Å². The van der Waals surface area contributed by atoms with Crippen LogP contribution in [0.4, 0.5) is 0 Å². The Kier molecular flexibility index (Phi) is 9.02. The van der Waals surface area contributed by atoms with Gasteiger partial charge in [-0.1, -0.05) is 60.8 Å². The van der Waals surface area contributed by atoms with Crippen LogP contribution in [0.25, 0.3) is 0 Å². The van der Waals surface area contributed by atoms with Crippen LogP contribution in [0.1, 0.15) is 80.6 Å². The molecule has 1 N–H and O–H groups in total. The molecule has 1 aliphatic heterocycles. The van der Waals surface area contributed by atoms with Crippen LogP contribution in [0.3, 0.4) is 0 Å². The molecule has 0 radical (unpaired) electrons. The highest BCUT2D eigenvalue weighted by atomic mass is 28.4. The predicted molar refractivity (Wildman–Crippen MR) is 124 cm³/mol. The normalized spacial score (nSPS) is 29.6. The van der Waals surface area contributed by atoms with E-state index in [1.54, 1.807) is 0 Å². The number of ether oxygens (including phenoxy) is 1. The van der Waals surface area contributed by atoms with E-state index in [-0.39, 0.29) is 22.3 Å². The highest BCUT2D eigenvalue weighted by Crippen LogP contribution is 2.42. The summed E-state index contributed by atoms with van der Waals surface area (Å²) in [5.74, 6) is 0. The van der Waals surface area contributed by atoms with Gasteiger partial charge in [-0.2, -0.15) is 0 Å². The summed E-state index contributed by atoms with van der Waals surface area (Å²) in [6, 6.07) is 0. The van der Waals surface area contributed by atoms with Crippen LogP contribution in [0.5, 0.6) is 0 Å². The van der Waals surface area contributed by atoms with E-state index in [1.807, 2.05) is 0 Å². The van der Waals surface area contributed by atoms with Crippen molar-refractivity contribution in [1.82, 2.24) is 0 Å². The maximum atomic E-state index is 11.1. The Morgan fingerprint density at radius 2 is 1.25 bits per heavy atom. The molecule has 28 heavy (non-hydrogen) atoms. The number of aliphatic hydroxyl groups is 1. The summed E-state index contributed by atoms with van der Waals surface area (Å²) in [4.78, 5) is 0. The molecule has 0 spiro atoms. The minimum atomic E-state index is -2.09. The van der Waals surface area contributed by atoms with E-state index >= 15 is 0 Å². The van der Waals surface area contributed by atoms with Crippen molar-refractivity contribution in [2.45, 2.75) is 141 Å². The zero-order valence-electron chi connectivity index (χ0n) is 20.5. The van der Waals surface area contributed by atoms with Gasteiger partial charge in [0.1, 0.15) is 6.10 Å². The Balaban J connectivity index is 3.23. The Hall–Kier alpha value is 0.274. The van der Waals surface area contributed by atoms with Crippen LogP contribution in [0.2, 0.25) is 36.3 Å². The minimum absolute atomic E-state index is 0.0344. The monoisotopic (exact) mass is 432 g/mol. The fraction of sp³-hybridized carbons (Fsp3) is 1.00. The third-order valence-electron chi connectivity index (χ3n) is 7.11. The van der Waals surface area contributed by atoms with Crippen molar-refractivity contribution in [3.05, 3.63) is 0 Å². The van der Waals surface area contributed by atoms with Crippen LogP contribution in [-0.2, 0) is 13.6 Å². The number of rotatable bonds is 4. The number of hydrogen-bond donors (Lipinski definition) is 1. The van der Waals surface area contributed by atoms with Crippen molar-refractivity contribution < 1.29 is 18.7 Å². The fourth-order valence-electron chi connectivity index (χ4n) is 3.02. The van der Waals surface area contributed by atoms with Gasteiger partial charge < -0.3 is 18.7 Å². The van der Waals surface area contributed by atoms with E-state index < -0.39 is 29.0 Å². The Morgan fingerprint density at radius 1 is 0.786 bits per heavy atom. The summed E-state index contributed by atoms with van der Waals surface area (Å²) in [6.07, 6.45) is 3.84. The molecule has 0 aliphatic carbocycles. The van der Waals surface area contributed by atoms with Gasteiger partial charge in [-0.15, -0.1) is 0 Å². The average molecular weight is 433 g/mol. The predicted octanol–water partition coefficient (Wildman–Crippen LogP) is 6.45. The molecule has 0 saturated carbocycles. The molecule has 0 aromatic heterocycles. The zero-order valence-corrected chi connectivity index (χ0v) is 22.5. The van der Waals surface area contributed by atoms with Gasteiger partial charge in [-0.05, 0) is 56.0 Å². The first-order valence-corrected chi connectivity index (χ1v) is 17.0. The van der Waals surface area contributed by atoms with Crippen molar-refractivity contribution in [2.75, 3.05) is 0 Å². The van der Waals surface area contributed by atoms with Gasteiger partial charge in [0.25, 0.3) is 0 Å². The zero-order chi connectivity index (χ0) is 22.0. The first-order chi connectivity index (χ1) is 12.5. The summed E-state index contributed by atoms with van der Waals surface area (Å²) in [5, 5.41) is 11.2. The van der Waals surface area contributed by atoms with Crippen molar-refractivity contribution >= 4 is 16.6 Å². The van der Waals surface area contributed by atoms with Gasteiger partial charge in [-0.3, -0.25) is 0 Å². The van der Waals surface area contributed by atoms with Gasteiger partial charge in [0.2, 0.25) is 0 Å². The molecule has 6 heteroatoms. The Labute approximate surface area is 177 Å². The molecular weight excluding hydrogens is 384 g/mol. The molecule has 0 aromatic carbocycles. The lowest BCUT2D eigenvalue weighted by atomic mass is 10.0. The van der Waals surface area contributed by atoms with Gasteiger partial charge >= 0.3 is 0 Å². The lowest BCUT2D eigenvalue weighted by Crippen LogP contribution is -2.56. The van der Waals surface area contributed by atoms with Crippen molar-refractivity contribution in [3.63, 3.8) is 0 Å². The number of aliphatic hydroxyl groups excluding tert-OH is 1. The lowest BCUT2D eigenvalue weighted by molar-refractivity contribution is -0.203. The second-order valence-electron chi connectivity index (χ2n) is 11.7. The van der Waals surface area contributed by atoms with Crippen LogP contribution in [0, 0.1) is 0 Å². The minimum Gasteiger partial charge on any atom is -0.411 e. The van der Waals surface area contributed by atoms with Crippen LogP contribution in [0.15, 0.2) is 0 Å². The molecule has 0 bridgehead atoms. The molecule has 4 atom stereocenters. The second-order valence-corrected chi connectivity index (χ2v) is 21.2. The summed E-state index contributed by atoms with van der Waals surface area (Å²) in [7, 11) is -4.09. The van der Waals surface area contributed by atoms with Crippen molar-refractivity contribution in [3.8, 4) is 0 Å². The standard InChI is InChI=1S/C22H48O4Si2/c1-17-15-13-12-14-16-18(25-27(8,9)21(2,3)4)19(20(23)24-17)26-28(10,11)22(5,6)7/h17-20,23H,12-16H2,1-11H3/t17-,18+,19+,20?/m1/s1. The molecule has 1 unspecified atom stereocenters. The first-order valence-electron chi connectivity index (χ1n) is 11.2. The summed E-state index contributed by atoms with van der Waals surface area (Å²) >= 11 is 0. The van der Waals surface area contributed by atoms with Crippen molar-refractivity contribution in [2.24, 2.45) is 0 Å². The fourth-order valence-corrected chi connectivity index (χ4v) is 5.68. The Bertz CT molecular complexity index is 480. The molecule has 4 nitrogen and oxygen atoms in total. The Morgan fingerprint density at radius 3 is 1.75 bits per heavy atom. The molecule has 1 rings (SSSR count). The first kappa shape index (κ1) is 26.3. The quantitative estimate of drug-likeness (QED) is 0.518. The van der Waals surface area contributed by atoms with E-state index in [9.17, 15) is 5.11 Å². The molecule has 168 valence electrons. The van der Waals surface area contributed by atoms with E-state index in [0.29, 0.717) is 0 Å². The third-order valence-corrected chi connectivity index (χ3v) is 16.1. The molecule has 0 aromatic rings. The highest BCUT2D eigenvalue weighted by molar-refractivity contribution is 6.74. The summed E-state index contributed by atoms with van der Waals surface area (Å²) in [5.41, 5.74) is 0. The lowest BCUT2D eigenvalue weighted by Gasteiger charge is -2.46. The third kappa shape index (κ3) is 7.20. The molecule has 1 fully saturated rings. The number of hydrogen-bond acceptors (Lipinski definition) is 4. The summed E-state index contributed by atoms with van der Waals surface area (Å²) < 4.78 is 19.6. The van der Waals surface area contributed by atoms with Gasteiger partial charge in [0.05, 0.1) is 12.2 Å². The van der Waals surface area contributed by atoms with Crippen LogP contribution in [-0.4, -0.2) is 46.3 Å². The van der Waals surface area contributed by atoms with Crippen LogP contribution >= 0.6 is 0 Å². The van der Waals surface area contributed by atoms with E-state index in [4.69, 9.17) is 13.6 Å². The van der Waals surface area contributed by atoms with Crippen molar-refractivity contribution in [1.29, 1.82) is 0 Å². The van der Waals surface area contributed by atoms with Gasteiger partial charge in [0.15, 0.2) is 22.9 Å². The molecule has 1 heterocycles. The molecular formula is C22H48O4Si2. The topological polar surface area (TPSA) is 47.9 Å². The maximum absolute atomic E-state index is 11.1. The SMILES string of the molecule is C[C@@H]1CCCCC[C@H](O[Si](C)(C)C(C)(C)C)[C@H](O[Si](C)(C)C(C)(C)C)C(O)O1. The van der Waals surface area contributed by atoms with E-state index in [2.05, 4.69) is 74.7 Å². The maximum Gasteiger partial charge on any atom is 0.192 e. The van der Waals surface area contributed by atoms with Gasteiger partial charge in [0, 0.05) is 0 Å². The van der Waals surface area contributed by atoms with Gasteiger partial charge in [-0.25, -0.2) is 0 Å². The molecule has 1 aliphatic rings. The summed E-state index contributed by atoms with van der Waals surface area (Å²) in [6.45, 7) is 24.6. The molecule has 1 saturated heterocycles. The molecule has 0 amide bonds.